The number of thiazole rings is 1. The maximum atomic E-state index is 13.3. The zero-order valence-electron chi connectivity index (χ0n) is 22.8. The molecule has 1 aliphatic heterocycles. The predicted octanol–water partition coefficient (Wildman–Crippen LogP) is 3.18. The Morgan fingerprint density at radius 1 is 1.15 bits per heavy atom. The van der Waals surface area contributed by atoms with Gasteiger partial charge in [-0.05, 0) is 60.9 Å². The molecule has 17 heteroatoms. The molecule has 1 aromatic heterocycles. The Bertz CT molecular complexity index is 1200. The average molecular weight is 585 g/mol. The van der Waals surface area contributed by atoms with Gasteiger partial charge < -0.3 is 19.6 Å². The first-order valence-corrected chi connectivity index (χ1v) is 12.9. The van der Waals surface area contributed by atoms with E-state index < -0.39 is 58.5 Å². The number of hydrogen-bond acceptors (Lipinski definition) is 12. The van der Waals surface area contributed by atoms with Crippen molar-refractivity contribution in [1.82, 2.24) is 14.6 Å². The Kier molecular flexibility index (Phi) is 9.81. The molecular weight excluding hydrogens is 552 g/mol. The third-order valence-corrected chi connectivity index (χ3v) is 5.89. The van der Waals surface area contributed by atoms with Gasteiger partial charge in [-0.2, -0.15) is 0 Å². The smallest absolute Gasteiger partial charge is 0.413 e. The molecule has 0 bridgehead atoms. The van der Waals surface area contributed by atoms with E-state index >= 15 is 0 Å². The van der Waals surface area contributed by atoms with E-state index in [-0.39, 0.29) is 17.4 Å². The van der Waals surface area contributed by atoms with E-state index in [0.29, 0.717) is 0 Å². The van der Waals surface area contributed by atoms with Gasteiger partial charge in [0.1, 0.15) is 22.9 Å². The van der Waals surface area contributed by atoms with E-state index in [1.54, 1.807) is 41.5 Å². The van der Waals surface area contributed by atoms with E-state index in [2.05, 4.69) is 43.6 Å². The topological polar surface area (TPSA) is 197 Å². The molecule has 0 spiro atoms. The lowest BCUT2D eigenvalue weighted by Gasteiger charge is -2.42. The van der Waals surface area contributed by atoms with E-state index in [1.165, 1.54) is 19.2 Å². The summed E-state index contributed by atoms with van der Waals surface area (Å²) in [6.45, 7) is 12.8. The van der Waals surface area contributed by atoms with Crippen molar-refractivity contribution in [2.45, 2.75) is 84.3 Å². The highest BCUT2D eigenvalue weighted by molar-refractivity contribution is 7.78. The van der Waals surface area contributed by atoms with Crippen LogP contribution in [0.1, 0.15) is 61.1 Å². The van der Waals surface area contributed by atoms with Crippen molar-refractivity contribution < 1.29 is 33.5 Å². The second-order valence-corrected chi connectivity index (χ2v) is 12.1. The number of β-lactam (4-membered cyclic amide) rings is 1. The Balaban J connectivity index is 2.34. The van der Waals surface area contributed by atoms with Crippen molar-refractivity contribution in [3.05, 3.63) is 21.5 Å². The second kappa shape index (κ2) is 12.1. The number of nitrogens with one attached hydrogen (secondary N) is 2. The largest absolute Gasteiger partial charge is 0.457 e. The minimum Gasteiger partial charge on any atom is -0.457 e. The lowest BCUT2D eigenvalue weighted by Crippen LogP contribution is -2.69. The number of carbonyl (C=O) groups excluding carboxylic acids is 4. The summed E-state index contributed by atoms with van der Waals surface area (Å²) < 4.78 is 11.6. The predicted molar refractivity (Wildman–Crippen MR) is 145 cm³/mol. The van der Waals surface area contributed by atoms with Gasteiger partial charge in [-0.3, -0.25) is 19.2 Å². The Hall–Kier alpha value is -3.56. The third-order valence-electron chi connectivity index (χ3n) is 4.63. The third kappa shape index (κ3) is 9.01. The fourth-order valence-electron chi connectivity index (χ4n) is 2.83. The molecule has 0 unspecified atom stereocenters. The first-order valence-electron chi connectivity index (χ1n) is 11.6. The molecule has 1 fully saturated rings. The van der Waals surface area contributed by atoms with Crippen LogP contribution in [0.25, 0.3) is 10.4 Å². The average Bonchev–Trinajstić information content (AvgIpc) is 3.23. The van der Waals surface area contributed by atoms with Gasteiger partial charge in [-0.25, -0.2) is 14.6 Å². The molecule has 0 radical (unpaired) electrons. The van der Waals surface area contributed by atoms with Crippen LogP contribution in [-0.2, 0) is 28.7 Å². The summed E-state index contributed by atoms with van der Waals surface area (Å²) in [5.74, 6) is -2.15. The van der Waals surface area contributed by atoms with Gasteiger partial charge in [0.05, 0.1) is 6.04 Å². The number of thiol groups is 1. The quantitative estimate of drug-likeness (QED) is 0.0574. The Labute approximate surface area is 234 Å². The molecule has 39 heavy (non-hydrogen) atoms. The summed E-state index contributed by atoms with van der Waals surface area (Å²) in [6, 6.07) is -1.77. The van der Waals surface area contributed by atoms with Crippen LogP contribution in [0.4, 0.5) is 9.93 Å². The Morgan fingerprint density at radius 3 is 2.33 bits per heavy atom. The van der Waals surface area contributed by atoms with Gasteiger partial charge >= 0.3 is 12.1 Å². The number of amides is 3. The van der Waals surface area contributed by atoms with E-state index in [1.807, 2.05) is 0 Å². The number of oxime groups is 1. The normalized spacial score (nSPS) is 17.9. The summed E-state index contributed by atoms with van der Waals surface area (Å²) in [5.41, 5.74) is 5.03. The number of rotatable bonds is 9. The van der Waals surface area contributed by atoms with Gasteiger partial charge in [-0.1, -0.05) is 23.1 Å². The number of ether oxygens (including phenoxy) is 2. The SMILES string of the molecule is CC(C)(C)OC(=O)Nc1nc(/C(=N/OC(C)(C)C(=O)OC(C)(C)C)C(=O)N[C@@H]2C(=O)N(S)[C@@H]2CN=[N+]=[N-])cs1. The molecule has 1 aromatic rings. The highest BCUT2D eigenvalue weighted by Gasteiger charge is 2.47. The number of azide groups is 1. The van der Waals surface area contributed by atoms with Gasteiger partial charge in [-0.15, -0.1) is 11.3 Å². The van der Waals surface area contributed by atoms with Crippen molar-refractivity contribution in [3.8, 4) is 0 Å². The molecule has 2 N–H and O–H groups in total. The molecule has 0 saturated carbocycles. The lowest BCUT2D eigenvalue weighted by atomic mass is 9.98. The maximum Gasteiger partial charge on any atom is 0.413 e. The highest BCUT2D eigenvalue weighted by atomic mass is 32.1. The molecular formula is C22H32N8O7S2. The van der Waals surface area contributed by atoms with Crippen LogP contribution in [-0.4, -0.2) is 74.3 Å². The molecule has 214 valence electrons. The molecule has 1 aliphatic rings. The molecule has 2 heterocycles. The van der Waals surface area contributed by atoms with Crippen molar-refractivity contribution >= 4 is 58.9 Å². The summed E-state index contributed by atoms with van der Waals surface area (Å²) in [7, 11) is 0. The van der Waals surface area contributed by atoms with Gasteiger partial charge in [0, 0.05) is 16.8 Å². The zero-order chi connectivity index (χ0) is 29.8. The maximum absolute atomic E-state index is 13.3. The van der Waals surface area contributed by atoms with Crippen molar-refractivity contribution in [2.75, 3.05) is 11.9 Å². The number of carbonyl (C=O) groups is 4. The fourth-order valence-corrected chi connectivity index (χ4v) is 3.85. The number of nitrogens with zero attached hydrogens (tertiary/aromatic N) is 6. The van der Waals surface area contributed by atoms with Crippen LogP contribution in [0.2, 0.25) is 0 Å². The molecule has 2 rings (SSSR count). The first-order chi connectivity index (χ1) is 17.8. The monoisotopic (exact) mass is 584 g/mol. The summed E-state index contributed by atoms with van der Waals surface area (Å²) in [6.07, 6.45) is -0.761. The van der Waals surface area contributed by atoms with Crippen LogP contribution >= 0.6 is 24.2 Å². The number of hydrogen-bond donors (Lipinski definition) is 3. The molecule has 0 aromatic carbocycles. The van der Waals surface area contributed by atoms with Crippen LogP contribution in [0.3, 0.4) is 0 Å². The zero-order valence-corrected chi connectivity index (χ0v) is 24.5. The molecule has 3 amide bonds. The van der Waals surface area contributed by atoms with Gasteiger partial charge in [0.25, 0.3) is 11.8 Å². The fraction of sp³-hybridized carbons (Fsp3) is 0.636. The summed E-state index contributed by atoms with van der Waals surface area (Å²) in [4.78, 5) is 62.6. The van der Waals surface area contributed by atoms with Gasteiger partial charge in [0.15, 0.2) is 10.8 Å². The number of anilines is 1. The van der Waals surface area contributed by atoms with Crippen LogP contribution in [0, 0.1) is 0 Å². The van der Waals surface area contributed by atoms with E-state index in [9.17, 15) is 19.2 Å². The van der Waals surface area contributed by atoms with Crippen LogP contribution in [0.5, 0.6) is 0 Å². The molecule has 2 atom stereocenters. The van der Waals surface area contributed by atoms with Crippen LogP contribution in [0.15, 0.2) is 15.7 Å². The van der Waals surface area contributed by atoms with E-state index in [0.717, 1.165) is 15.6 Å². The molecule has 15 nitrogen and oxygen atoms in total. The van der Waals surface area contributed by atoms with E-state index in [4.69, 9.17) is 19.8 Å². The minimum absolute atomic E-state index is 0.0235. The van der Waals surface area contributed by atoms with Crippen molar-refractivity contribution in [1.29, 1.82) is 0 Å². The number of esters is 1. The summed E-state index contributed by atoms with van der Waals surface area (Å²) >= 11 is 5.01. The van der Waals surface area contributed by atoms with Crippen molar-refractivity contribution in [2.24, 2.45) is 10.3 Å². The second-order valence-electron chi connectivity index (χ2n) is 10.8. The van der Waals surface area contributed by atoms with Crippen LogP contribution < -0.4 is 10.6 Å². The molecule has 1 saturated heterocycles. The highest BCUT2D eigenvalue weighted by Crippen LogP contribution is 2.24. The minimum atomic E-state index is -1.61. The first kappa shape index (κ1) is 31.7. The lowest BCUT2D eigenvalue weighted by molar-refractivity contribution is -0.179. The van der Waals surface area contributed by atoms with Gasteiger partial charge in [0.2, 0.25) is 5.60 Å². The van der Waals surface area contributed by atoms with Crippen molar-refractivity contribution in [3.63, 3.8) is 0 Å². The standard InChI is InChI=1S/C22H32N8O7S2/c1-20(2,3)35-17(33)22(7,8)37-28-13(11-10-39-18(25-11)27-19(34)36-21(4,5)6)15(31)26-14-12(9-24-29-23)30(38)16(14)32/h10,12,14,38H,9H2,1-8H3,(H,26,31)(H,25,27,34)/b28-13-/t12-,14+/m1/s1. The summed E-state index contributed by atoms with van der Waals surface area (Å²) in [5, 5.41) is 13.8. The Morgan fingerprint density at radius 2 is 1.77 bits per heavy atom. The number of aromatic nitrogens is 1. The molecule has 0 aliphatic carbocycles.